The molecule has 0 saturated heterocycles. The summed E-state index contributed by atoms with van der Waals surface area (Å²) in [6, 6.07) is 33.3. The van der Waals surface area contributed by atoms with E-state index in [4.69, 9.17) is 0 Å². The summed E-state index contributed by atoms with van der Waals surface area (Å²) in [7, 11) is 0. The number of aromatic nitrogens is 1. The van der Waals surface area contributed by atoms with E-state index in [1.54, 1.807) is 6.20 Å². The quantitative estimate of drug-likeness (QED) is 0.566. The van der Waals surface area contributed by atoms with Gasteiger partial charge in [0.05, 0.1) is 5.69 Å². The van der Waals surface area contributed by atoms with E-state index in [1.807, 2.05) is 103 Å². The lowest BCUT2D eigenvalue weighted by atomic mass is 9.79. The van der Waals surface area contributed by atoms with Crippen LogP contribution >= 0.6 is 0 Å². The maximum absolute atomic E-state index is 12.0. The summed E-state index contributed by atoms with van der Waals surface area (Å²) in [5, 5.41) is 12.0. The van der Waals surface area contributed by atoms with Crippen molar-refractivity contribution in [1.29, 1.82) is 0 Å². The lowest BCUT2D eigenvalue weighted by Gasteiger charge is -2.31. The molecule has 1 aromatic heterocycles. The first-order chi connectivity index (χ1) is 12.8. The van der Waals surface area contributed by atoms with Crippen LogP contribution in [0.2, 0.25) is 0 Å². The van der Waals surface area contributed by atoms with Gasteiger partial charge >= 0.3 is 0 Å². The summed E-state index contributed by atoms with van der Waals surface area (Å²) in [5.74, 6) is 0. The normalized spacial score (nSPS) is 11.3. The minimum Gasteiger partial charge on any atom is -0.376 e. The lowest BCUT2D eigenvalue weighted by Crippen LogP contribution is -2.29. The maximum Gasteiger partial charge on any atom is 0.142 e. The SMILES string of the molecule is OC(c1ccccc1)(c1ccccc1)c1cccnc1-c1ccccc1. The Morgan fingerprint density at radius 2 is 1.08 bits per heavy atom. The first kappa shape index (κ1) is 16.2. The molecular formula is C24H19NO. The molecule has 3 aromatic carbocycles. The summed E-state index contributed by atoms with van der Waals surface area (Å²) in [4.78, 5) is 4.61. The Bertz CT molecular complexity index is 943. The van der Waals surface area contributed by atoms with Gasteiger partial charge in [-0.15, -0.1) is 0 Å². The average Bonchev–Trinajstić information content (AvgIpc) is 2.75. The summed E-state index contributed by atoms with van der Waals surface area (Å²) in [6.07, 6.45) is 1.77. The maximum atomic E-state index is 12.0. The highest BCUT2D eigenvalue weighted by atomic mass is 16.3. The predicted octanol–water partition coefficient (Wildman–Crippen LogP) is 5.03. The Morgan fingerprint density at radius 1 is 0.577 bits per heavy atom. The van der Waals surface area contributed by atoms with Crippen LogP contribution in [0.25, 0.3) is 11.3 Å². The molecule has 126 valence electrons. The van der Waals surface area contributed by atoms with Crippen molar-refractivity contribution < 1.29 is 5.11 Å². The van der Waals surface area contributed by atoms with Gasteiger partial charge in [0.2, 0.25) is 0 Å². The second-order valence-corrected chi connectivity index (χ2v) is 6.21. The molecule has 1 heterocycles. The van der Waals surface area contributed by atoms with Crippen LogP contribution in [0.5, 0.6) is 0 Å². The molecular weight excluding hydrogens is 318 g/mol. The molecule has 0 fully saturated rings. The van der Waals surface area contributed by atoms with E-state index < -0.39 is 5.60 Å². The van der Waals surface area contributed by atoms with Crippen molar-refractivity contribution in [3.05, 3.63) is 126 Å². The molecule has 4 aromatic rings. The van der Waals surface area contributed by atoms with E-state index in [0.29, 0.717) is 0 Å². The van der Waals surface area contributed by atoms with Crippen molar-refractivity contribution in [3.63, 3.8) is 0 Å². The largest absolute Gasteiger partial charge is 0.376 e. The molecule has 4 rings (SSSR count). The standard InChI is InChI=1S/C24H19NO/c26-24(20-13-6-2-7-14-20,21-15-8-3-9-16-21)22-17-10-18-25-23(22)19-11-4-1-5-12-19/h1-18,26H. The highest BCUT2D eigenvalue weighted by molar-refractivity contribution is 5.67. The van der Waals surface area contributed by atoms with Crippen molar-refractivity contribution in [2.45, 2.75) is 5.60 Å². The van der Waals surface area contributed by atoms with Gasteiger partial charge in [-0.1, -0.05) is 97.1 Å². The highest BCUT2D eigenvalue weighted by Gasteiger charge is 2.36. The van der Waals surface area contributed by atoms with E-state index >= 15 is 0 Å². The third-order valence-electron chi connectivity index (χ3n) is 4.63. The Morgan fingerprint density at radius 3 is 1.62 bits per heavy atom. The van der Waals surface area contributed by atoms with Gasteiger partial charge < -0.3 is 5.11 Å². The van der Waals surface area contributed by atoms with E-state index in [1.165, 1.54) is 0 Å². The van der Waals surface area contributed by atoms with Crippen LogP contribution in [0.3, 0.4) is 0 Å². The zero-order valence-electron chi connectivity index (χ0n) is 14.3. The molecule has 0 aliphatic rings. The van der Waals surface area contributed by atoms with Crippen LogP contribution < -0.4 is 0 Å². The molecule has 0 bridgehead atoms. The molecule has 0 spiro atoms. The molecule has 2 nitrogen and oxygen atoms in total. The van der Waals surface area contributed by atoms with E-state index in [2.05, 4.69) is 4.98 Å². The molecule has 26 heavy (non-hydrogen) atoms. The monoisotopic (exact) mass is 337 g/mol. The predicted molar refractivity (Wildman–Crippen MR) is 105 cm³/mol. The van der Waals surface area contributed by atoms with Crippen LogP contribution in [0, 0.1) is 0 Å². The van der Waals surface area contributed by atoms with Gasteiger partial charge in [-0.3, -0.25) is 4.98 Å². The Labute approximate surface area is 153 Å². The van der Waals surface area contributed by atoms with E-state index in [-0.39, 0.29) is 0 Å². The van der Waals surface area contributed by atoms with Crippen molar-refractivity contribution in [2.75, 3.05) is 0 Å². The highest BCUT2D eigenvalue weighted by Crippen LogP contribution is 2.40. The van der Waals surface area contributed by atoms with Gasteiger partial charge in [0.1, 0.15) is 5.60 Å². The second-order valence-electron chi connectivity index (χ2n) is 6.21. The van der Waals surface area contributed by atoms with Gasteiger partial charge in [0, 0.05) is 17.3 Å². The fraction of sp³-hybridized carbons (Fsp3) is 0.0417. The van der Waals surface area contributed by atoms with Gasteiger partial charge in [-0.2, -0.15) is 0 Å². The molecule has 0 atom stereocenters. The zero-order chi connectivity index (χ0) is 17.8. The average molecular weight is 337 g/mol. The van der Waals surface area contributed by atoms with Gasteiger partial charge in [-0.25, -0.2) is 0 Å². The van der Waals surface area contributed by atoms with Crippen molar-refractivity contribution >= 4 is 0 Å². The minimum absolute atomic E-state index is 0.767. The molecule has 0 amide bonds. The van der Waals surface area contributed by atoms with Gasteiger partial charge in [0.15, 0.2) is 0 Å². The Hall–Kier alpha value is -3.23. The first-order valence-electron chi connectivity index (χ1n) is 8.64. The number of benzene rings is 3. The molecule has 1 N–H and O–H groups in total. The second kappa shape index (κ2) is 6.95. The molecule has 0 unspecified atom stereocenters. The van der Waals surface area contributed by atoms with Crippen molar-refractivity contribution in [2.24, 2.45) is 0 Å². The summed E-state index contributed by atoms with van der Waals surface area (Å²) in [6.45, 7) is 0. The number of hydrogen-bond acceptors (Lipinski definition) is 2. The van der Waals surface area contributed by atoms with Crippen LogP contribution in [-0.2, 0) is 5.60 Å². The molecule has 0 radical (unpaired) electrons. The fourth-order valence-electron chi connectivity index (χ4n) is 3.36. The number of nitrogens with zero attached hydrogens (tertiary/aromatic N) is 1. The number of aliphatic hydroxyl groups is 1. The molecule has 0 saturated carbocycles. The topological polar surface area (TPSA) is 33.1 Å². The molecule has 0 aliphatic heterocycles. The Balaban J connectivity index is 2.01. The first-order valence-corrected chi connectivity index (χ1v) is 8.64. The van der Waals surface area contributed by atoms with Gasteiger partial charge in [0.25, 0.3) is 0 Å². The third-order valence-corrected chi connectivity index (χ3v) is 4.63. The fourth-order valence-corrected chi connectivity index (χ4v) is 3.36. The zero-order valence-corrected chi connectivity index (χ0v) is 14.3. The summed E-state index contributed by atoms with van der Waals surface area (Å²) >= 11 is 0. The van der Waals surface area contributed by atoms with Crippen LogP contribution in [0.15, 0.2) is 109 Å². The number of hydrogen-bond donors (Lipinski definition) is 1. The van der Waals surface area contributed by atoms with Crippen LogP contribution in [-0.4, -0.2) is 10.1 Å². The number of pyridine rings is 1. The third kappa shape index (κ3) is 2.81. The lowest BCUT2D eigenvalue weighted by molar-refractivity contribution is 0.126. The van der Waals surface area contributed by atoms with Crippen LogP contribution in [0.1, 0.15) is 16.7 Å². The molecule has 2 heteroatoms. The Kier molecular flexibility index (Phi) is 4.34. The molecule has 0 aliphatic carbocycles. The summed E-state index contributed by atoms with van der Waals surface area (Å²) < 4.78 is 0. The minimum atomic E-state index is -1.29. The number of rotatable bonds is 4. The van der Waals surface area contributed by atoms with Crippen LogP contribution in [0.4, 0.5) is 0 Å². The van der Waals surface area contributed by atoms with E-state index in [9.17, 15) is 5.11 Å². The van der Waals surface area contributed by atoms with Gasteiger partial charge in [-0.05, 0) is 17.2 Å². The van der Waals surface area contributed by atoms with E-state index in [0.717, 1.165) is 27.9 Å². The van der Waals surface area contributed by atoms with Crippen molar-refractivity contribution in [1.82, 2.24) is 4.98 Å². The van der Waals surface area contributed by atoms with Crippen molar-refractivity contribution in [3.8, 4) is 11.3 Å². The summed E-state index contributed by atoms with van der Waals surface area (Å²) in [5.41, 5.74) is 2.87. The smallest absolute Gasteiger partial charge is 0.142 e.